The van der Waals surface area contributed by atoms with Crippen LogP contribution in [-0.4, -0.2) is 16.7 Å². The molecular weight excluding hydrogens is 296 g/mol. The Hall–Kier alpha value is -2.46. The summed E-state index contributed by atoms with van der Waals surface area (Å²) >= 11 is 1.39. The number of thiophene rings is 1. The molecule has 0 aliphatic heterocycles. The zero-order valence-corrected chi connectivity index (χ0v) is 12.8. The summed E-state index contributed by atoms with van der Waals surface area (Å²) in [5.74, 6) is -0.657. The van der Waals surface area contributed by atoms with Gasteiger partial charge in [0.2, 0.25) is 0 Å². The molecule has 110 valence electrons. The largest absolute Gasteiger partial charge is 0.507 e. The number of rotatable bonds is 4. The fourth-order valence-corrected chi connectivity index (χ4v) is 3.32. The van der Waals surface area contributed by atoms with E-state index in [1.807, 2.05) is 37.3 Å². The van der Waals surface area contributed by atoms with Gasteiger partial charge in [0.15, 0.2) is 11.6 Å². The van der Waals surface area contributed by atoms with Gasteiger partial charge < -0.3 is 5.11 Å². The third kappa shape index (κ3) is 2.78. The molecule has 0 fully saturated rings. The maximum atomic E-state index is 12.3. The average Bonchev–Trinajstić information content (AvgIpc) is 2.93. The first-order valence-electron chi connectivity index (χ1n) is 6.89. The molecule has 0 saturated heterocycles. The van der Waals surface area contributed by atoms with Crippen LogP contribution in [-0.2, 0) is 0 Å². The highest BCUT2D eigenvalue weighted by Crippen LogP contribution is 2.27. The van der Waals surface area contributed by atoms with E-state index in [0.29, 0.717) is 4.88 Å². The normalized spacial score (nSPS) is 10.8. The van der Waals surface area contributed by atoms with E-state index < -0.39 is 0 Å². The van der Waals surface area contributed by atoms with E-state index in [1.165, 1.54) is 17.4 Å². The molecule has 1 heterocycles. The van der Waals surface area contributed by atoms with Gasteiger partial charge in [0.1, 0.15) is 5.75 Å². The third-order valence-electron chi connectivity index (χ3n) is 3.47. The molecule has 0 amide bonds. The van der Waals surface area contributed by atoms with Crippen molar-refractivity contribution in [1.82, 2.24) is 0 Å². The molecule has 3 aromatic rings. The van der Waals surface area contributed by atoms with Gasteiger partial charge in [-0.3, -0.25) is 9.59 Å². The molecule has 1 aromatic heterocycles. The van der Waals surface area contributed by atoms with Crippen molar-refractivity contribution in [1.29, 1.82) is 0 Å². The van der Waals surface area contributed by atoms with Gasteiger partial charge in [-0.2, -0.15) is 0 Å². The van der Waals surface area contributed by atoms with Gasteiger partial charge in [0.25, 0.3) is 0 Å². The number of aryl methyl sites for hydroxylation is 1. The number of carbonyl (C=O) groups is 2. The van der Waals surface area contributed by atoms with Crippen LogP contribution in [0.15, 0.2) is 48.5 Å². The van der Waals surface area contributed by atoms with Gasteiger partial charge in [0.05, 0.1) is 16.9 Å². The summed E-state index contributed by atoms with van der Waals surface area (Å²) in [6.45, 7) is 1.84. The quantitative estimate of drug-likeness (QED) is 0.575. The van der Waals surface area contributed by atoms with E-state index >= 15 is 0 Å². The van der Waals surface area contributed by atoms with Crippen LogP contribution in [0, 0.1) is 6.92 Å². The lowest BCUT2D eigenvalue weighted by Crippen LogP contribution is -2.07. The number of hydrogen-bond donors (Lipinski definition) is 1. The molecule has 0 saturated carbocycles. The third-order valence-corrected chi connectivity index (χ3v) is 4.63. The molecule has 0 bridgehead atoms. The van der Waals surface area contributed by atoms with Crippen molar-refractivity contribution in [2.45, 2.75) is 13.3 Å². The van der Waals surface area contributed by atoms with E-state index in [9.17, 15) is 14.7 Å². The number of Topliss-reactive ketones (excluding diaryl/α,β-unsaturated/α-hetero) is 2. The van der Waals surface area contributed by atoms with Crippen molar-refractivity contribution in [3.8, 4) is 5.75 Å². The second-order valence-electron chi connectivity index (χ2n) is 5.19. The molecular formula is C18H14O3S. The highest BCUT2D eigenvalue weighted by molar-refractivity contribution is 7.20. The maximum Gasteiger partial charge on any atom is 0.180 e. The Labute approximate surface area is 131 Å². The predicted octanol–water partition coefficient (Wildman–Crippen LogP) is 4.37. The lowest BCUT2D eigenvalue weighted by molar-refractivity contribution is 0.0895. The average molecular weight is 310 g/mol. The first kappa shape index (κ1) is 14.5. The number of carbonyl (C=O) groups excluding carboxylic acids is 2. The smallest absolute Gasteiger partial charge is 0.180 e. The molecule has 3 nitrogen and oxygen atoms in total. The molecule has 0 spiro atoms. The second kappa shape index (κ2) is 5.73. The number of phenols is 1. The van der Waals surface area contributed by atoms with Crippen LogP contribution in [0.1, 0.15) is 32.0 Å². The van der Waals surface area contributed by atoms with Gasteiger partial charge >= 0.3 is 0 Å². The zero-order chi connectivity index (χ0) is 15.7. The highest BCUT2D eigenvalue weighted by atomic mass is 32.1. The SMILES string of the molecule is Cc1ccc(O)c(C(=O)CC(=O)c2cc3ccccc3s2)c1. The number of phenolic OH excluding ortho intramolecular Hbond substituents is 1. The van der Waals surface area contributed by atoms with E-state index in [-0.39, 0.29) is 29.3 Å². The Bertz CT molecular complexity index is 844. The molecule has 0 unspecified atom stereocenters. The molecule has 0 aliphatic carbocycles. The summed E-state index contributed by atoms with van der Waals surface area (Å²) in [7, 11) is 0. The molecule has 1 N–H and O–H groups in total. The summed E-state index contributed by atoms with van der Waals surface area (Å²) in [5.41, 5.74) is 1.07. The molecule has 22 heavy (non-hydrogen) atoms. The topological polar surface area (TPSA) is 54.4 Å². The molecule has 0 aliphatic rings. The Morgan fingerprint density at radius 1 is 1.05 bits per heavy atom. The van der Waals surface area contributed by atoms with Crippen molar-refractivity contribution in [3.63, 3.8) is 0 Å². The highest BCUT2D eigenvalue weighted by Gasteiger charge is 2.18. The zero-order valence-electron chi connectivity index (χ0n) is 12.0. The van der Waals surface area contributed by atoms with E-state index in [4.69, 9.17) is 0 Å². The second-order valence-corrected chi connectivity index (χ2v) is 6.28. The van der Waals surface area contributed by atoms with Crippen molar-refractivity contribution >= 4 is 33.0 Å². The summed E-state index contributed by atoms with van der Waals surface area (Å²) < 4.78 is 1.02. The molecule has 0 atom stereocenters. The predicted molar refractivity (Wildman–Crippen MR) is 87.9 cm³/mol. The Balaban J connectivity index is 1.84. The standard InChI is InChI=1S/C18H14O3S/c1-11-6-7-14(19)13(8-11)15(20)10-16(21)18-9-12-4-2-3-5-17(12)22-18/h2-9,19H,10H2,1H3. The number of aromatic hydroxyl groups is 1. The van der Waals surface area contributed by atoms with E-state index in [2.05, 4.69) is 0 Å². The number of benzene rings is 2. The summed E-state index contributed by atoms with van der Waals surface area (Å²) in [5, 5.41) is 10.8. The maximum absolute atomic E-state index is 12.3. The first-order valence-corrected chi connectivity index (χ1v) is 7.71. The molecule has 0 radical (unpaired) electrons. The lowest BCUT2D eigenvalue weighted by atomic mass is 10.0. The van der Waals surface area contributed by atoms with Gasteiger partial charge in [-0.15, -0.1) is 11.3 Å². The summed E-state index contributed by atoms with van der Waals surface area (Å²) in [4.78, 5) is 25.1. The van der Waals surface area contributed by atoms with Gasteiger partial charge in [-0.05, 0) is 36.6 Å². The number of fused-ring (bicyclic) bond motifs is 1. The van der Waals surface area contributed by atoms with Crippen LogP contribution >= 0.6 is 11.3 Å². The van der Waals surface area contributed by atoms with Gasteiger partial charge in [-0.25, -0.2) is 0 Å². The fraction of sp³-hybridized carbons (Fsp3) is 0.111. The van der Waals surface area contributed by atoms with Crippen molar-refractivity contribution in [3.05, 3.63) is 64.5 Å². The first-order chi connectivity index (χ1) is 10.5. The van der Waals surface area contributed by atoms with Crippen molar-refractivity contribution in [2.24, 2.45) is 0 Å². The van der Waals surface area contributed by atoms with Crippen LogP contribution in [0.4, 0.5) is 0 Å². The van der Waals surface area contributed by atoms with Gasteiger partial charge in [0, 0.05) is 4.70 Å². The molecule has 3 rings (SSSR count). The van der Waals surface area contributed by atoms with Crippen molar-refractivity contribution < 1.29 is 14.7 Å². The minimum Gasteiger partial charge on any atom is -0.507 e. The monoisotopic (exact) mass is 310 g/mol. The van der Waals surface area contributed by atoms with Crippen LogP contribution < -0.4 is 0 Å². The van der Waals surface area contributed by atoms with Crippen LogP contribution in [0.3, 0.4) is 0 Å². The van der Waals surface area contributed by atoms with E-state index in [1.54, 1.807) is 12.1 Å². The van der Waals surface area contributed by atoms with E-state index in [0.717, 1.165) is 15.6 Å². The fourth-order valence-electron chi connectivity index (χ4n) is 2.32. The van der Waals surface area contributed by atoms with Crippen LogP contribution in [0.25, 0.3) is 10.1 Å². The van der Waals surface area contributed by atoms with Crippen LogP contribution in [0.5, 0.6) is 5.75 Å². The van der Waals surface area contributed by atoms with Crippen molar-refractivity contribution in [2.75, 3.05) is 0 Å². The minimum atomic E-state index is -0.358. The van der Waals surface area contributed by atoms with Crippen LogP contribution in [0.2, 0.25) is 0 Å². The molecule has 4 heteroatoms. The lowest BCUT2D eigenvalue weighted by Gasteiger charge is -2.04. The Kier molecular flexibility index (Phi) is 3.77. The number of ketones is 2. The van der Waals surface area contributed by atoms with Gasteiger partial charge in [-0.1, -0.05) is 29.8 Å². The Morgan fingerprint density at radius 2 is 1.82 bits per heavy atom. The number of hydrogen-bond acceptors (Lipinski definition) is 4. The summed E-state index contributed by atoms with van der Waals surface area (Å²) in [6, 6.07) is 14.3. The summed E-state index contributed by atoms with van der Waals surface area (Å²) in [6.07, 6.45) is -0.232. The molecule has 2 aromatic carbocycles. The Morgan fingerprint density at radius 3 is 2.59 bits per heavy atom. The minimum absolute atomic E-state index is 0.0836.